The minimum atomic E-state index is -0.305. The molecule has 0 aliphatic rings. The van der Waals surface area contributed by atoms with Gasteiger partial charge in [0, 0.05) is 10.8 Å². The number of hydrogen-bond donors (Lipinski definition) is 2. The van der Waals surface area contributed by atoms with Crippen LogP contribution in [0, 0.1) is 6.92 Å². The number of ether oxygens (including phenoxy) is 1. The van der Waals surface area contributed by atoms with Crippen molar-refractivity contribution in [3.8, 4) is 17.3 Å². The maximum atomic E-state index is 13.2. The Hall–Kier alpha value is -4.06. The lowest BCUT2D eigenvalue weighted by Gasteiger charge is -2.14. The molecule has 4 rings (SSSR count). The highest BCUT2D eigenvalue weighted by molar-refractivity contribution is 6.01. The molecule has 6 heteroatoms. The number of hydrazone groups is 1. The average Bonchev–Trinajstić information content (AvgIpc) is 2.79. The van der Waals surface area contributed by atoms with Crippen molar-refractivity contribution in [2.24, 2.45) is 5.10 Å². The Balaban J connectivity index is 1.80. The van der Waals surface area contributed by atoms with Crippen LogP contribution in [-0.2, 0) is 0 Å². The normalized spacial score (nSPS) is 11.2. The molecule has 1 heterocycles. The highest BCUT2D eigenvalue weighted by Crippen LogP contribution is 2.26. The predicted molar refractivity (Wildman–Crippen MR) is 125 cm³/mol. The van der Waals surface area contributed by atoms with Gasteiger partial charge in [-0.3, -0.25) is 10.2 Å². The number of aromatic hydroxyl groups is 1. The van der Waals surface area contributed by atoms with Crippen molar-refractivity contribution < 1.29 is 9.84 Å². The van der Waals surface area contributed by atoms with Crippen molar-refractivity contribution in [3.05, 3.63) is 94.3 Å². The highest BCUT2D eigenvalue weighted by atomic mass is 16.5. The van der Waals surface area contributed by atoms with Crippen molar-refractivity contribution in [1.82, 2.24) is 4.57 Å². The van der Waals surface area contributed by atoms with E-state index in [2.05, 4.69) is 10.5 Å². The molecule has 0 atom stereocenters. The summed E-state index contributed by atoms with van der Waals surface area (Å²) in [5, 5.41) is 16.4. The number of hydrogen-bond acceptors (Lipinski definition) is 5. The Morgan fingerprint density at radius 2 is 1.68 bits per heavy atom. The first kappa shape index (κ1) is 20.2. The van der Waals surface area contributed by atoms with Gasteiger partial charge in [0.25, 0.3) is 5.56 Å². The van der Waals surface area contributed by atoms with Crippen LogP contribution in [0.5, 0.6) is 11.6 Å². The monoisotopic (exact) mass is 413 g/mol. The zero-order chi connectivity index (χ0) is 21.8. The number of nitrogens with one attached hydrogen (secondary N) is 1. The third kappa shape index (κ3) is 4.14. The van der Waals surface area contributed by atoms with E-state index in [1.807, 2.05) is 44.2 Å². The molecule has 0 aliphatic heterocycles. The number of anilines is 1. The number of aromatic nitrogens is 1. The third-order valence-electron chi connectivity index (χ3n) is 4.95. The summed E-state index contributed by atoms with van der Waals surface area (Å²) in [4.78, 5) is 13.2. The smallest absolute Gasteiger partial charge is 0.265 e. The number of fused-ring (bicyclic) bond motifs is 1. The fourth-order valence-corrected chi connectivity index (χ4v) is 3.39. The van der Waals surface area contributed by atoms with Crippen LogP contribution in [0.4, 0.5) is 5.69 Å². The van der Waals surface area contributed by atoms with E-state index in [1.54, 1.807) is 42.5 Å². The molecule has 0 radical (unpaired) electrons. The van der Waals surface area contributed by atoms with Crippen LogP contribution in [-0.4, -0.2) is 22.5 Å². The van der Waals surface area contributed by atoms with Gasteiger partial charge in [0.15, 0.2) is 0 Å². The summed E-state index contributed by atoms with van der Waals surface area (Å²) in [5.74, 6) is 0.519. The van der Waals surface area contributed by atoms with Gasteiger partial charge in [-0.1, -0.05) is 35.9 Å². The molecule has 0 aliphatic carbocycles. The first-order valence-electron chi connectivity index (χ1n) is 10.0. The summed E-state index contributed by atoms with van der Waals surface area (Å²) >= 11 is 0. The largest absolute Gasteiger partial charge is 0.494 e. The van der Waals surface area contributed by atoms with E-state index in [4.69, 9.17) is 4.74 Å². The molecule has 0 bridgehead atoms. The summed E-state index contributed by atoms with van der Waals surface area (Å²) in [6, 6.07) is 22.0. The Kier molecular flexibility index (Phi) is 5.71. The standard InChI is InChI=1S/C25H23N3O3/c1-3-31-20-14-12-19(13-15-20)28-24(29)22-7-5-4-6-21(22)23(25(28)30)16-26-27-18-10-8-17(2)9-11-18/h4-16,27,30H,3H2,1-2H3/b26-16+. The summed E-state index contributed by atoms with van der Waals surface area (Å²) in [6.07, 6.45) is 1.53. The maximum absolute atomic E-state index is 13.2. The summed E-state index contributed by atoms with van der Waals surface area (Å²) < 4.78 is 6.76. The fourth-order valence-electron chi connectivity index (χ4n) is 3.39. The molecule has 3 aromatic carbocycles. The Morgan fingerprint density at radius 1 is 1.00 bits per heavy atom. The number of pyridine rings is 1. The molecule has 31 heavy (non-hydrogen) atoms. The molecule has 1 aromatic heterocycles. The second-order valence-electron chi connectivity index (χ2n) is 7.09. The van der Waals surface area contributed by atoms with Crippen molar-refractivity contribution in [3.63, 3.8) is 0 Å². The number of nitrogens with zero attached hydrogens (tertiary/aromatic N) is 2. The van der Waals surface area contributed by atoms with Crippen molar-refractivity contribution in [2.75, 3.05) is 12.0 Å². The van der Waals surface area contributed by atoms with Gasteiger partial charge in [0.05, 0.1) is 29.8 Å². The molecule has 0 fully saturated rings. The first-order chi connectivity index (χ1) is 15.1. The van der Waals surface area contributed by atoms with Gasteiger partial charge in [-0.15, -0.1) is 0 Å². The van der Waals surface area contributed by atoms with Crippen LogP contribution in [0.15, 0.2) is 82.7 Å². The van der Waals surface area contributed by atoms with Gasteiger partial charge in [-0.05, 0) is 56.3 Å². The maximum Gasteiger partial charge on any atom is 0.265 e. The summed E-state index contributed by atoms with van der Waals surface area (Å²) in [7, 11) is 0. The molecule has 0 saturated heterocycles. The fraction of sp³-hybridized carbons (Fsp3) is 0.120. The molecular weight excluding hydrogens is 390 g/mol. The lowest BCUT2D eigenvalue weighted by atomic mass is 10.1. The quantitative estimate of drug-likeness (QED) is 0.350. The van der Waals surface area contributed by atoms with Crippen LogP contribution >= 0.6 is 0 Å². The van der Waals surface area contributed by atoms with Gasteiger partial charge in [-0.2, -0.15) is 5.10 Å². The van der Waals surface area contributed by atoms with Crippen LogP contribution in [0.3, 0.4) is 0 Å². The van der Waals surface area contributed by atoms with Crippen LogP contribution in [0.1, 0.15) is 18.1 Å². The SMILES string of the molecule is CCOc1ccc(-n2c(O)c(/C=N/Nc3ccc(C)cc3)c3ccccc3c2=O)cc1. The van der Waals surface area contributed by atoms with E-state index >= 15 is 0 Å². The van der Waals surface area contributed by atoms with Crippen LogP contribution in [0.2, 0.25) is 0 Å². The van der Waals surface area contributed by atoms with Gasteiger partial charge >= 0.3 is 0 Å². The lowest BCUT2D eigenvalue weighted by Crippen LogP contribution is -2.20. The van der Waals surface area contributed by atoms with E-state index in [1.165, 1.54) is 10.8 Å². The predicted octanol–water partition coefficient (Wildman–Crippen LogP) is 4.85. The third-order valence-corrected chi connectivity index (χ3v) is 4.95. The van der Waals surface area contributed by atoms with Crippen LogP contribution < -0.4 is 15.7 Å². The van der Waals surface area contributed by atoms with Gasteiger partial charge in [0.2, 0.25) is 5.88 Å². The van der Waals surface area contributed by atoms with Crippen LogP contribution in [0.25, 0.3) is 16.5 Å². The highest BCUT2D eigenvalue weighted by Gasteiger charge is 2.16. The minimum Gasteiger partial charge on any atom is -0.494 e. The minimum absolute atomic E-state index is 0.178. The molecule has 0 unspecified atom stereocenters. The van der Waals surface area contributed by atoms with Gasteiger partial charge in [0.1, 0.15) is 5.75 Å². The molecule has 0 saturated carbocycles. The van der Waals surface area contributed by atoms with Crippen molar-refractivity contribution >= 4 is 22.7 Å². The summed E-state index contributed by atoms with van der Waals surface area (Å²) in [5.41, 5.74) is 5.62. The number of benzene rings is 3. The Labute approximate surface area is 180 Å². The average molecular weight is 413 g/mol. The van der Waals surface area contributed by atoms with E-state index in [-0.39, 0.29) is 11.4 Å². The van der Waals surface area contributed by atoms with E-state index in [0.29, 0.717) is 34.4 Å². The summed E-state index contributed by atoms with van der Waals surface area (Å²) in [6.45, 7) is 4.47. The van der Waals surface area contributed by atoms with E-state index in [9.17, 15) is 9.90 Å². The zero-order valence-electron chi connectivity index (χ0n) is 17.4. The number of rotatable bonds is 6. The molecular formula is C25H23N3O3. The Morgan fingerprint density at radius 3 is 2.35 bits per heavy atom. The van der Waals surface area contributed by atoms with Crippen molar-refractivity contribution in [2.45, 2.75) is 13.8 Å². The second-order valence-corrected chi connectivity index (χ2v) is 7.09. The van der Waals surface area contributed by atoms with Crippen molar-refractivity contribution in [1.29, 1.82) is 0 Å². The molecule has 156 valence electrons. The van der Waals surface area contributed by atoms with E-state index < -0.39 is 0 Å². The van der Waals surface area contributed by atoms with Gasteiger partial charge in [-0.25, -0.2) is 4.57 Å². The first-order valence-corrected chi connectivity index (χ1v) is 10.0. The lowest BCUT2D eigenvalue weighted by molar-refractivity contribution is 0.340. The number of aryl methyl sites for hydroxylation is 1. The van der Waals surface area contributed by atoms with E-state index in [0.717, 1.165) is 11.3 Å². The molecule has 0 amide bonds. The Bertz CT molecular complexity index is 1290. The molecule has 4 aromatic rings. The molecule has 2 N–H and O–H groups in total. The topological polar surface area (TPSA) is 75.8 Å². The van der Waals surface area contributed by atoms with Gasteiger partial charge < -0.3 is 9.84 Å². The molecule has 0 spiro atoms. The zero-order valence-corrected chi connectivity index (χ0v) is 17.4. The molecule has 6 nitrogen and oxygen atoms in total. The second kappa shape index (κ2) is 8.75.